The van der Waals surface area contributed by atoms with Gasteiger partial charge in [-0.05, 0) is 82.1 Å². The van der Waals surface area contributed by atoms with Gasteiger partial charge in [-0.3, -0.25) is 52.8 Å². The number of ether oxygens (including phenoxy) is 4. The zero-order chi connectivity index (χ0) is 65.8. The number of benzene rings is 1. The highest BCUT2D eigenvalue weighted by molar-refractivity contribution is 6.13. The van der Waals surface area contributed by atoms with Crippen molar-refractivity contribution in [3.8, 4) is 11.4 Å². The number of hydrogen-bond acceptors (Lipinski definition) is 20. The van der Waals surface area contributed by atoms with Crippen LogP contribution in [0.3, 0.4) is 0 Å². The maximum Gasteiger partial charge on any atom is 0.343 e. The Morgan fingerprint density at radius 2 is 1.60 bits per heavy atom. The highest BCUT2D eigenvalue weighted by Crippen LogP contribution is 2.46. The van der Waals surface area contributed by atoms with Gasteiger partial charge in [0, 0.05) is 60.7 Å². The minimum Gasteiger partial charge on any atom is -0.458 e. The molecule has 1 aromatic carbocycles. The Hall–Kier alpha value is -8.13. The van der Waals surface area contributed by atoms with E-state index < -0.39 is 155 Å². The number of aliphatic hydroxyl groups excluding tert-OH is 2. The number of aromatic nitrogens is 2. The van der Waals surface area contributed by atoms with Crippen LogP contribution in [0.1, 0.15) is 119 Å². The van der Waals surface area contributed by atoms with Crippen molar-refractivity contribution in [1.29, 1.82) is 0 Å². The Balaban J connectivity index is 0.863. The number of esters is 1. The first-order valence-corrected chi connectivity index (χ1v) is 29.8. The SMILES string of the molecule is CC[C@@]1(O)C(=O)OCc2c1cc1n(c2=O)Cc2c-1nc1cc(F)c(C)c3c1c2[C@@H](NC(=O)C(C)(C)COCNC(=O)[C@H](C)NC(=O)[C@@H](NC(=O)[C@H](CCC(=O)NC[C@H]1O[C@@H](CC(N)=O)[C@H](O)[C@@H]1O)NC(=O)CCOC[C@H](CN)N1C(=O)C=CC1=O)C(C)C)CC3. The van der Waals surface area contributed by atoms with E-state index in [1.165, 1.54) is 17.6 Å². The molecule has 0 bridgehead atoms. The highest BCUT2D eigenvalue weighted by atomic mass is 19.1. The molecule has 29 nitrogen and oxygen atoms in total. The minimum absolute atomic E-state index is 0.0336. The number of carbonyl (C=O) groups excluding carboxylic acids is 10. The Morgan fingerprint density at radius 3 is 2.27 bits per heavy atom. The van der Waals surface area contributed by atoms with E-state index in [-0.39, 0.29) is 82.9 Å². The van der Waals surface area contributed by atoms with Crippen LogP contribution in [0.4, 0.5) is 4.39 Å². The second-order valence-electron chi connectivity index (χ2n) is 24.2. The molecule has 0 unspecified atom stereocenters. The number of nitrogens with one attached hydrogen (secondary N) is 6. The quantitative estimate of drug-likeness (QED) is 0.0124. The van der Waals surface area contributed by atoms with Gasteiger partial charge in [0.15, 0.2) is 5.60 Å². The van der Waals surface area contributed by atoms with Gasteiger partial charge in [-0.2, -0.15) is 0 Å². The molecule has 5 aliphatic rings. The molecule has 3 aromatic rings. The van der Waals surface area contributed by atoms with Crippen LogP contribution in [0, 0.1) is 24.1 Å². The molecule has 90 heavy (non-hydrogen) atoms. The third-order valence-electron chi connectivity index (χ3n) is 17.0. The minimum atomic E-state index is -2.08. The second kappa shape index (κ2) is 27.9. The number of halogens is 1. The van der Waals surface area contributed by atoms with Crippen LogP contribution in [0.5, 0.6) is 0 Å². The number of nitrogens with zero attached hydrogens (tertiary/aromatic N) is 3. The average molecular weight is 1260 g/mol. The molecular formula is C60H78FN11O18. The zero-order valence-electron chi connectivity index (χ0n) is 51.0. The standard InChI is InChI=1S/C60H78FN11O18/c1-8-60(86)34-17-39-50-32(22-71(39)56(83)33(34)24-89-58(60)85)48-36(10-9-31-28(4)35(61)18-38(68-50)47(31)48)69-57(84)59(6,7)25-88-26-65-53(80)29(5)66-55(82)49(27(2)3)70-54(81)37(11-12-43(74)64-21-41-52(79)51(78)40(90-41)19-42(63)73)67-44(75)15-16-87-23-30(20-62)72-45(76)13-14-46(72)77/h13-14,17-18,27,29-30,36-37,40-41,49,51-52,78-79,86H,8-12,15-16,19-26,62H2,1-7H3,(H2,63,73)(H,64,74)(H,65,80)(H,66,82)(H,67,75)(H,69,84)(H,70,81)/t29-,30-,36-,37-,40-,41+,49-,51-,52+,60-/m0/s1. The first kappa shape index (κ1) is 67.8. The summed E-state index contributed by atoms with van der Waals surface area (Å²) in [5, 5.41) is 48.8. The first-order valence-electron chi connectivity index (χ1n) is 29.8. The van der Waals surface area contributed by atoms with Crippen LogP contribution < -0.4 is 48.9 Å². The molecule has 0 radical (unpaired) electrons. The number of carbonyl (C=O) groups is 10. The molecule has 1 fully saturated rings. The fraction of sp³-hybridized carbons (Fsp3) is 0.567. The maximum absolute atomic E-state index is 15.5. The lowest BCUT2D eigenvalue weighted by molar-refractivity contribution is -0.172. The molecule has 1 aliphatic carbocycles. The molecule has 13 N–H and O–H groups in total. The predicted molar refractivity (Wildman–Crippen MR) is 313 cm³/mol. The molecule has 1 saturated heterocycles. The fourth-order valence-electron chi connectivity index (χ4n) is 11.7. The van der Waals surface area contributed by atoms with Gasteiger partial charge in [-0.25, -0.2) is 14.2 Å². The third kappa shape index (κ3) is 14.2. The summed E-state index contributed by atoms with van der Waals surface area (Å²) in [6.45, 7) is 9.31. The number of imide groups is 1. The van der Waals surface area contributed by atoms with Crippen molar-refractivity contribution >= 4 is 70.0 Å². The number of aliphatic hydroxyl groups is 3. The molecule has 30 heteroatoms. The van der Waals surface area contributed by atoms with E-state index in [0.29, 0.717) is 57.4 Å². The van der Waals surface area contributed by atoms with Crippen LogP contribution >= 0.6 is 0 Å². The van der Waals surface area contributed by atoms with Gasteiger partial charge in [0.25, 0.3) is 17.4 Å². The van der Waals surface area contributed by atoms with Gasteiger partial charge in [0.1, 0.15) is 55.6 Å². The van der Waals surface area contributed by atoms with E-state index in [1.807, 2.05) is 0 Å². The summed E-state index contributed by atoms with van der Waals surface area (Å²) in [4.78, 5) is 150. The Bertz CT molecular complexity index is 3460. The molecule has 8 rings (SSSR count). The molecule has 0 saturated carbocycles. The number of aryl methyl sites for hydroxylation is 1. The molecule has 10 atom stereocenters. The van der Waals surface area contributed by atoms with Gasteiger partial charge >= 0.3 is 5.97 Å². The van der Waals surface area contributed by atoms with Crippen molar-refractivity contribution in [3.05, 3.63) is 73.8 Å². The Morgan fingerprint density at radius 1 is 0.900 bits per heavy atom. The van der Waals surface area contributed by atoms with Crippen molar-refractivity contribution in [1.82, 2.24) is 46.4 Å². The average Bonchev–Trinajstić information content (AvgIpc) is 1.46. The van der Waals surface area contributed by atoms with Crippen molar-refractivity contribution in [2.45, 2.75) is 167 Å². The molecule has 488 valence electrons. The molecular weight excluding hydrogens is 1180 g/mol. The van der Waals surface area contributed by atoms with Crippen molar-refractivity contribution in [2.75, 3.05) is 39.6 Å². The van der Waals surface area contributed by atoms with Crippen LogP contribution in [-0.4, -0.2) is 177 Å². The summed E-state index contributed by atoms with van der Waals surface area (Å²) in [7, 11) is 0. The van der Waals surface area contributed by atoms with Gasteiger partial charge in [0.05, 0.1) is 78.9 Å². The van der Waals surface area contributed by atoms with Gasteiger partial charge in [0.2, 0.25) is 41.4 Å². The lowest BCUT2D eigenvalue weighted by Crippen LogP contribution is -2.58. The topological polar surface area (TPSA) is 431 Å². The number of hydrogen-bond donors (Lipinski definition) is 11. The molecule has 9 amide bonds. The highest BCUT2D eigenvalue weighted by Gasteiger charge is 2.47. The summed E-state index contributed by atoms with van der Waals surface area (Å²) in [5.41, 5.74) is 10.8. The Labute approximate surface area is 515 Å². The smallest absolute Gasteiger partial charge is 0.343 e. The van der Waals surface area contributed by atoms with Crippen LogP contribution in [0.15, 0.2) is 29.1 Å². The monoisotopic (exact) mass is 1260 g/mol. The third-order valence-corrected chi connectivity index (χ3v) is 17.0. The molecule has 0 spiro atoms. The number of fused-ring (bicyclic) bond motifs is 5. The number of amides is 9. The maximum atomic E-state index is 15.5. The number of primary amides is 1. The van der Waals surface area contributed by atoms with E-state index in [2.05, 4.69) is 31.9 Å². The van der Waals surface area contributed by atoms with Gasteiger partial charge < -0.3 is 82.2 Å². The van der Waals surface area contributed by atoms with Crippen LogP contribution in [-0.2, 0) is 92.1 Å². The van der Waals surface area contributed by atoms with Gasteiger partial charge in [-0.1, -0.05) is 20.8 Å². The zero-order valence-corrected chi connectivity index (χ0v) is 51.0. The van der Waals surface area contributed by atoms with E-state index in [9.17, 15) is 68.1 Å². The van der Waals surface area contributed by atoms with Crippen LogP contribution in [0.2, 0.25) is 0 Å². The normalized spacial score (nSPS) is 22.0. The summed E-state index contributed by atoms with van der Waals surface area (Å²) < 4.78 is 39.2. The first-order chi connectivity index (χ1) is 42.5. The number of nitrogens with two attached hydrogens (primary N) is 2. The number of pyridine rings is 2. The van der Waals surface area contributed by atoms with E-state index in [0.717, 1.165) is 17.1 Å². The largest absolute Gasteiger partial charge is 0.458 e. The van der Waals surface area contributed by atoms with E-state index in [4.69, 9.17) is 35.4 Å². The molecule has 2 aromatic heterocycles. The van der Waals surface area contributed by atoms with Gasteiger partial charge in [-0.15, -0.1) is 0 Å². The summed E-state index contributed by atoms with van der Waals surface area (Å²) in [5.74, 6) is -8.15. The van der Waals surface area contributed by atoms with E-state index in [1.54, 1.807) is 47.6 Å². The number of cyclic esters (lactones) is 1. The van der Waals surface area contributed by atoms with Crippen molar-refractivity contribution in [3.63, 3.8) is 0 Å². The van der Waals surface area contributed by atoms with Crippen molar-refractivity contribution in [2.24, 2.45) is 22.8 Å². The fourth-order valence-corrected chi connectivity index (χ4v) is 11.7. The summed E-state index contributed by atoms with van der Waals surface area (Å²) in [6.07, 6.45) is -3.78. The second-order valence-corrected chi connectivity index (χ2v) is 24.2. The molecule has 4 aliphatic heterocycles. The molecule has 6 heterocycles. The summed E-state index contributed by atoms with van der Waals surface area (Å²) in [6, 6.07) is -2.58. The predicted octanol–water partition coefficient (Wildman–Crippen LogP) is -2.20. The Kier molecular flexibility index (Phi) is 21.1. The van der Waals surface area contributed by atoms with E-state index >= 15 is 4.39 Å². The lowest BCUT2D eigenvalue weighted by Gasteiger charge is -2.32. The van der Waals surface area contributed by atoms with Crippen LogP contribution in [0.25, 0.3) is 22.3 Å². The van der Waals surface area contributed by atoms with Crippen molar-refractivity contribution < 1.29 is 86.6 Å². The number of rotatable bonds is 28. The lowest BCUT2D eigenvalue weighted by atomic mass is 9.81. The summed E-state index contributed by atoms with van der Waals surface area (Å²) >= 11 is 0.